The number of aliphatic hydroxyl groups is 2. The lowest BCUT2D eigenvalue weighted by Gasteiger charge is -2.37. The summed E-state index contributed by atoms with van der Waals surface area (Å²) in [5.41, 5.74) is -1.58. The Hall–Kier alpha value is -9.33. The van der Waals surface area contributed by atoms with E-state index in [-0.39, 0.29) is 16.3 Å². The highest BCUT2D eigenvalue weighted by atomic mass is 35.5. The van der Waals surface area contributed by atoms with E-state index >= 15 is 0 Å². The summed E-state index contributed by atoms with van der Waals surface area (Å²) in [7, 11) is -5.93. The Bertz CT molecular complexity index is 4470. The van der Waals surface area contributed by atoms with Crippen molar-refractivity contribution < 1.29 is 36.0 Å². The zero-order chi connectivity index (χ0) is 63.6. The number of halogens is 5. The first kappa shape index (κ1) is 62.3. The number of benzene rings is 10. The van der Waals surface area contributed by atoms with Crippen LogP contribution in [-0.4, -0.2) is 43.2 Å². The smallest absolute Gasteiger partial charge is 0.378 e. The molecule has 2 unspecified atom stereocenters. The molecule has 10 nitrogen and oxygen atoms in total. The molecule has 452 valence electrons. The van der Waals surface area contributed by atoms with Gasteiger partial charge in [-0.1, -0.05) is 269 Å². The molecule has 2 heterocycles. The zero-order valence-corrected chi connectivity index (χ0v) is 51.5. The minimum absolute atomic E-state index is 0.202. The van der Waals surface area contributed by atoms with Gasteiger partial charge in [0, 0.05) is 23.2 Å². The Labute approximate surface area is 530 Å². The van der Waals surface area contributed by atoms with E-state index in [2.05, 4.69) is 124 Å². The molecule has 2 N–H and O–H groups in total. The number of rotatable bonds is 16. The van der Waals surface area contributed by atoms with Crippen molar-refractivity contribution in [3.8, 4) is 11.8 Å². The van der Waals surface area contributed by atoms with Crippen LogP contribution in [0.4, 0.5) is 13.2 Å². The second-order valence-corrected chi connectivity index (χ2v) is 24.9. The van der Waals surface area contributed by atoms with E-state index in [1.807, 2.05) is 148 Å². The van der Waals surface area contributed by atoms with Crippen LogP contribution in [0.15, 0.2) is 268 Å². The number of aromatic nitrogens is 4. The minimum Gasteiger partial charge on any atom is -0.378 e. The monoisotopic (exact) mass is 1260 g/mol. The van der Waals surface area contributed by atoms with Crippen molar-refractivity contribution >= 4 is 54.9 Å². The van der Waals surface area contributed by atoms with Crippen LogP contribution in [0.1, 0.15) is 89.2 Å². The van der Waals surface area contributed by atoms with Gasteiger partial charge in [-0.15, -0.1) is 0 Å². The molecule has 0 saturated carbocycles. The van der Waals surface area contributed by atoms with Crippen LogP contribution in [-0.2, 0) is 32.4 Å². The molecular weight excluding hydrogens is 1200 g/mol. The number of alkyl halides is 3. The second-order valence-electron chi connectivity index (χ2n) is 22.6. The second kappa shape index (κ2) is 24.9. The fourth-order valence-electron chi connectivity index (χ4n) is 12.3. The number of hydrogen-bond acceptors (Lipinski definition) is 8. The zero-order valence-electron chi connectivity index (χ0n) is 49.2. The molecule has 10 aromatic carbocycles. The van der Waals surface area contributed by atoms with Gasteiger partial charge in [0.15, 0.2) is 5.75 Å². The van der Waals surface area contributed by atoms with Crippen molar-refractivity contribution in [2.75, 3.05) is 0 Å². The molecule has 0 radical (unpaired) electrons. The van der Waals surface area contributed by atoms with Crippen LogP contribution < -0.4 is 4.18 Å². The first-order chi connectivity index (χ1) is 43.2. The number of fused-ring (bicyclic) bond motifs is 2. The van der Waals surface area contributed by atoms with E-state index in [9.17, 15) is 37.1 Å². The average Bonchev–Trinajstić information content (AvgIpc) is 1.41. The molecule has 0 aliphatic carbocycles. The van der Waals surface area contributed by atoms with Crippen LogP contribution >= 0.6 is 23.2 Å². The Morgan fingerprint density at radius 3 is 1.10 bits per heavy atom. The molecule has 0 bridgehead atoms. The third-order valence-corrected chi connectivity index (χ3v) is 18.7. The summed E-state index contributed by atoms with van der Waals surface area (Å²) in [5.74, 6) is -1.26. The highest BCUT2D eigenvalue weighted by Gasteiger charge is 2.49. The largest absolute Gasteiger partial charge is 0.534 e. The Kier molecular flexibility index (Phi) is 17.2. The first-order valence-corrected chi connectivity index (χ1v) is 31.1. The Morgan fingerprint density at radius 2 is 0.789 bits per heavy atom. The quantitative estimate of drug-likeness (QED) is 0.0553. The maximum atomic E-state index is 13.0. The maximum absolute atomic E-state index is 13.0. The first-order valence-electron chi connectivity index (χ1n) is 28.9. The topological polar surface area (TPSA) is 143 Å². The van der Waals surface area contributed by atoms with Gasteiger partial charge in [0.1, 0.15) is 28.3 Å². The van der Waals surface area contributed by atoms with Crippen LogP contribution in [0.3, 0.4) is 0 Å². The summed E-state index contributed by atoms with van der Waals surface area (Å²) in [6, 6.07) is 79.9. The van der Waals surface area contributed by atoms with Gasteiger partial charge < -0.3 is 23.5 Å². The normalized spacial score (nSPS) is 13.5. The number of hydrogen-bond donors (Lipinski definition) is 2. The van der Waals surface area contributed by atoms with E-state index < -0.39 is 49.6 Å². The van der Waals surface area contributed by atoms with Crippen LogP contribution in [0.25, 0.3) is 21.5 Å². The lowest BCUT2D eigenvalue weighted by molar-refractivity contribution is -0.0500. The highest BCUT2D eigenvalue weighted by molar-refractivity contribution is 7.88. The van der Waals surface area contributed by atoms with Gasteiger partial charge in [-0.25, -0.2) is 9.97 Å². The third kappa shape index (κ3) is 10.9. The molecule has 90 heavy (non-hydrogen) atoms. The third-order valence-electron chi connectivity index (χ3n) is 16.9. The number of imidazole rings is 2. The average molecular weight is 1260 g/mol. The Morgan fingerprint density at radius 1 is 0.467 bits per heavy atom. The van der Waals surface area contributed by atoms with Crippen molar-refractivity contribution in [3.63, 3.8) is 0 Å². The lowest BCUT2D eigenvalue weighted by atomic mass is 9.76. The minimum atomic E-state index is -5.93. The molecule has 0 aliphatic rings. The van der Waals surface area contributed by atoms with E-state index in [4.69, 9.17) is 33.2 Å². The van der Waals surface area contributed by atoms with Crippen molar-refractivity contribution in [3.05, 3.63) is 339 Å². The van der Waals surface area contributed by atoms with Crippen LogP contribution in [0.5, 0.6) is 5.75 Å². The summed E-state index contributed by atoms with van der Waals surface area (Å²) in [6.07, 6.45) is 7.34. The predicted molar refractivity (Wildman–Crippen MR) is 348 cm³/mol. The Balaban J connectivity index is 0.000000187. The van der Waals surface area contributed by atoms with E-state index in [1.54, 1.807) is 24.5 Å². The van der Waals surface area contributed by atoms with E-state index in [1.165, 1.54) is 12.1 Å². The summed E-state index contributed by atoms with van der Waals surface area (Å²) in [6.45, 7) is 7.70. The van der Waals surface area contributed by atoms with Gasteiger partial charge in [0.05, 0.1) is 39.7 Å². The summed E-state index contributed by atoms with van der Waals surface area (Å²) < 4.78 is 70.5. The van der Waals surface area contributed by atoms with Gasteiger partial charge in [-0.2, -0.15) is 26.9 Å². The predicted octanol–water partition coefficient (Wildman–Crippen LogP) is 16.9. The van der Waals surface area contributed by atoms with Crippen LogP contribution in [0, 0.1) is 23.2 Å². The standard InChI is InChI=1S/C37H30ClF3N2O4S.C37H30ClN3O/c1-25(2)36(44,30-19-20-31-26(22-30)18-21-32(34(31)38)47-48(45,46)37(39,40)41)33-23-43(24-42-33)35(27-12-6-3-7-13-27,28-14-8-4-9-15-28)29-16-10-5-11-17-29;1-26(2)37(42,32-20-21-33-27(22-32)18-19-28(23-39)35(33)38)34-24-41(25-40-34)36(29-12-6-3-7-13-29,30-14-8-4-9-15-30)31-16-10-5-11-17-31/h3-25,44H,1-2H3;3-22,24-26,42H,1-2H3. The van der Waals surface area contributed by atoms with Gasteiger partial charge in [0.25, 0.3) is 0 Å². The maximum Gasteiger partial charge on any atom is 0.534 e. The van der Waals surface area contributed by atoms with Gasteiger partial charge in [0.2, 0.25) is 0 Å². The van der Waals surface area contributed by atoms with Crippen molar-refractivity contribution in [2.24, 2.45) is 11.8 Å². The van der Waals surface area contributed by atoms with Crippen molar-refractivity contribution in [1.29, 1.82) is 5.26 Å². The molecule has 12 rings (SSSR count). The summed E-state index contributed by atoms with van der Waals surface area (Å²) in [5, 5.41) is 36.8. The summed E-state index contributed by atoms with van der Waals surface area (Å²) in [4.78, 5) is 9.69. The van der Waals surface area contributed by atoms with Gasteiger partial charge in [-0.05, 0) is 91.4 Å². The van der Waals surface area contributed by atoms with Crippen LogP contribution in [0.2, 0.25) is 10.0 Å². The van der Waals surface area contributed by atoms with Gasteiger partial charge in [-0.3, -0.25) is 0 Å². The fourth-order valence-corrected chi connectivity index (χ4v) is 13.4. The molecule has 0 amide bonds. The number of nitrogens with zero attached hydrogens (tertiary/aromatic N) is 5. The van der Waals surface area contributed by atoms with E-state index in [0.29, 0.717) is 38.5 Å². The molecule has 0 aliphatic heterocycles. The van der Waals surface area contributed by atoms with Crippen molar-refractivity contribution in [1.82, 2.24) is 19.1 Å². The summed E-state index contributed by atoms with van der Waals surface area (Å²) >= 11 is 12.9. The lowest BCUT2D eigenvalue weighted by Crippen LogP contribution is -2.37. The molecule has 0 saturated heterocycles. The molecule has 2 atom stereocenters. The SMILES string of the molecule is CC(C)C(O)(c1ccc2c(Cl)c(C#N)ccc2c1)c1cn(C(c2ccccc2)(c2ccccc2)c2ccccc2)cn1.CC(C)C(O)(c1ccc2c(Cl)c(OS(=O)(=O)C(F)(F)F)ccc2c1)c1cn(C(c2ccccc2)(c2ccccc2)c2ccccc2)cn1. The molecule has 12 aromatic rings. The molecule has 0 fully saturated rings. The molecular formula is C74H60Cl2F3N5O5S. The molecule has 2 aromatic heterocycles. The number of nitriles is 1. The molecule has 16 heteroatoms. The fraction of sp³-hybridized carbons (Fsp3) is 0.149. The highest BCUT2D eigenvalue weighted by Crippen LogP contribution is 2.47. The van der Waals surface area contributed by atoms with E-state index in [0.717, 1.165) is 50.2 Å². The molecule has 0 spiro atoms. The van der Waals surface area contributed by atoms with Crippen molar-refractivity contribution in [2.45, 2.75) is 55.5 Å². The van der Waals surface area contributed by atoms with Gasteiger partial charge >= 0.3 is 15.6 Å².